The molecule has 0 aliphatic heterocycles. The number of rotatable bonds is 6. The average molecular weight is 450 g/mol. The Morgan fingerprint density at radius 2 is 1.61 bits per heavy atom. The third-order valence-electron chi connectivity index (χ3n) is 3.95. The molecule has 0 atom stereocenters. The first-order valence-corrected chi connectivity index (χ1v) is 10.7. The number of aromatic nitrogens is 1. The molecule has 2 aromatic carbocycles. The minimum absolute atomic E-state index is 0.0784. The molecule has 3 aromatic rings. The summed E-state index contributed by atoms with van der Waals surface area (Å²) in [6, 6.07) is 13.5. The van der Waals surface area contributed by atoms with Crippen LogP contribution in [0.15, 0.2) is 66.9 Å². The van der Waals surface area contributed by atoms with Gasteiger partial charge < -0.3 is 10.6 Å². The number of pyridine rings is 1. The lowest BCUT2D eigenvalue weighted by atomic mass is 10.1. The second-order valence-electron chi connectivity index (χ2n) is 6.51. The first-order chi connectivity index (χ1) is 14.5. The quantitative estimate of drug-likeness (QED) is 0.515. The maximum atomic E-state index is 12.9. The fourth-order valence-electron chi connectivity index (χ4n) is 2.63. The summed E-state index contributed by atoms with van der Waals surface area (Å²) in [4.78, 5) is 16.7. The zero-order valence-electron chi connectivity index (χ0n) is 16.1. The Bertz CT molecular complexity index is 1200. The van der Waals surface area contributed by atoms with Gasteiger partial charge >= 0.3 is 6.18 Å². The minimum Gasteiger partial charge on any atom is -0.340 e. The summed E-state index contributed by atoms with van der Waals surface area (Å²) in [6.45, 7) is 0. The van der Waals surface area contributed by atoms with Gasteiger partial charge in [-0.15, -0.1) is 0 Å². The van der Waals surface area contributed by atoms with E-state index in [9.17, 15) is 26.4 Å². The van der Waals surface area contributed by atoms with Gasteiger partial charge in [-0.3, -0.25) is 9.52 Å². The van der Waals surface area contributed by atoms with E-state index in [1.54, 1.807) is 0 Å². The molecule has 162 valence electrons. The number of halogens is 3. The van der Waals surface area contributed by atoms with Crippen molar-refractivity contribution < 1.29 is 26.4 Å². The molecule has 3 N–H and O–H groups in total. The van der Waals surface area contributed by atoms with Gasteiger partial charge in [-0.1, -0.05) is 6.07 Å². The van der Waals surface area contributed by atoms with Crippen LogP contribution in [-0.4, -0.2) is 25.6 Å². The Morgan fingerprint density at radius 1 is 0.935 bits per heavy atom. The van der Waals surface area contributed by atoms with Crippen molar-refractivity contribution in [2.45, 2.75) is 6.18 Å². The second kappa shape index (κ2) is 8.64. The zero-order chi connectivity index (χ0) is 22.6. The summed E-state index contributed by atoms with van der Waals surface area (Å²) < 4.78 is 63.6. The van der Waals surface area contributed by atoms with E-state index in [1.165, 1.54) is 54.7 Å². The van der Waals surface area contributed by atoms with Crippen LogP contribution in [0.2, 0.25) is 0 Å². The van der Waals surface area contributed by atoms with E-state index < -0.39 is 27.7 Å². The molecule has 1 amide bonds. The lowest BCUT2D eigenvalue weighted by Gasteiger charge is -2.13. The number of sulfonamides is 1. The molecule has 1 aromatic heterocycles. The van der Waals surface area contributed by atoms with Crippen molar-refractivity contribution in [1.82, 2.24) is 4.98 Å². The Labute approximate surface area is 176 Å². The van der Waals surface area contributed by atoms with Gasteiger partial charge in [0.25, 0.3) is 5.91 Å². The van der Waals surface area contributed by atoms with Gasteiger partial charge in [-0.2, -0.15) is 13.2 Å². The van der Waals surface area contributed by atoms with E-state index in [-0.39, 0.29) is 17.1 Å². The molecule has 7 nitrogen and oxygen atoms in total. The summed E-state index contributed by atoms with van der Waals surface area (Å²) in [7, 11) is -3.43. The Kier molecular flexibility index (Phi) is 6.16. The number of benzene rings is 2. The molecule has 0 bridgehead atoms. The van der Waals surface area contributed by atoms with Crippen LogP contribution in [0.5, 0.6) is 0 Å². The standard InChI is InChI=1S/C20H17F3N4O3S/c1-31(29,30)27-15-9-7-14(8-10-15)26-19(28)17-6-3-11-24-18(17)25-16-5-2-4-13(12-16)20(21,22)23/h2-12,27H,1H3,(H,24,25)(H,26,28). The highest BCUT2D eigenvalue weighted by Crippen LogP contribution is 2.31. The van der Waals surface area contributed by atoms with Crippen molar-refractivity contribution in [2.75, 3.05) is 21.6 Å². The van der Waals surface area contributed by atoms with Crippen molar-refractivity contribution in [3.05, 3.63) is 78.0 Å². The van der Waals surface area contributed by atoms with Crippen LogP contribution >= 0.6 is 0 Å². The van der Waals surface area contributed by atoms with E-state index in [0.717, 1.165) is 18.4 Å². The van der Waals surface area contributed by atoms with Gasteiger partial charge in [0.1, 0.15) is 5.82 Å². The number of amides is 1. The number of anilines is 4. The van der Waals surface area contributed by atoms with Gasteiger partial charge in [0.05, 0.1) is 17.4 Å². The molecule has 0 radical (unpaired) electrons. The number of hydrogen-bond donors (Lipinski definition) is 3. The molecular formula is C20H17F3N4O3S. The number of nitrogens with zero attached hydrogens (tertiary/aromatic N) is 1. The van der Waals surface area contributed by atoms with Crippen LogP contribution in [0.25, 0.3) is 0 Å². The van der Waals surface area contributed by atoms with E-state index in [2.05, 4.69) is 20.3 Å². The highest BCUT2D eigenvalue weighted by Gasteiger charge is 2.30. The fourth-order valence-corrected chi connectivity index (χ4v) is 3.20. The third kappa shape index (κ3) is 6.19. The lowest BCUT2D eigenvalue weighted by molar-refractivity contribution is -0.137. The van der Waals surface area contributed by atoms with Gasteiger partial charge in [-0.25, -0.2) is 13.4 Å². The van der Waals surface area contributed by atoms with Crippen LogP contribution in [0, 0.1) is 0 Å². The molecule has 0 unspecified atom stereocenters. The molecule has 0 aliphatic carbocycles. The second-order valence-corrected chi connectivity index (χ2v) is 8.26. The van der Waals surface area contributed by atoms with Crippen molar-refractivity contribution in [3.63, 3.8) is 0 Å². The fraction of sp³-hybridized carbons (Fsp3) is 0.100. The summed E-state index contributed by atoms with van der Waals surface area (Å²) >= 11 is 0. The number of nitrogens with one attached hydrogen (secondary N) is 3. The Hall–Kier alpha value is -3.60. The highest BCUT2D eigenvalue weighted by atomic mass is 32.2. The molecule has 0 spiro atoms. The minimum atomic E-state index is -4.50. The molecule has 11 heteroatoms. The van der Waals surface area contributed by atoms with Crippen LogP contribution in [0.4, 0.5) is 36.1 Å². The molecule has 0 saturated carbocycles. The summed E-state index contributed by atoms with van der Waals surface area (Å²) in [6.07, 6.45) is -2.08. The zero-order valence-corrected chi connectivity index (χ0v) is 16.9. The van der Waals surface area contributed by atoms with E-state index in [1.807, 2.05) is 0 Å². The normalized spacial score (nSPS) is 11.6. The van der Waals surface area contributed by atoms with Crippen molar-refractivity contribution in [3.8, 4) is 0 Å². The topological polar surface area (TPSA) is 100 Å². The average Bonchev–Trinajstić information content (AvgIpc) is 2.68. The number of hydrogen-bond acceptors (Lipinski definition) is 5. The summed E-state index contributed by atoms with van der Waals surface area (Å²) in [5.41, 5.74) is 0.117. The molecule has 0 fully saturated rings. The highest BCUT2D eigenvalue weighted by molar-refractivity contribution is 7.92. The van der Waals surface area contributed by atoms with E-state index in [4.69, 9.17) is 0 Å². The van der Waals surface area contributed by atoms with Crippen molar-refractivity contribution in [1.29, 1.82) is 0 Å². The molecule has 3 rings (SSSR count). The number of carbonyl (C=O) groups is 1. The monoisotopic (exact) mass is 450 g/mol. The smallest absolute Gasteiger partial charge is 0.340 e. The maximum Gasteiger partial charge on any atom is 0.416 e. The predicted molar refractivity (Wildman–Crippen MR) is 112 cm³/mol. The number of carbonyl (C=O) groups excluding carboxylic acids is 1. The van der Waals surface area contributed by atoms with Crippen LogP contribution < -0.4 is 15.4 Å². The van der Waals surface area contributed by atoms with Crippen LogP contribution in [0.3, 0.4) is 0 Å². The van der Waals surface area contributed by atoms with Crippen molar-refractivity contribution in [2.24, 2.45) is 0 Å². The van der Waals surface area contributed by atoms with Crippen LogP contribution in [-0.2, 0) is 16.2 Å². The predicted octanol–water partition coefficient (Wildman–Crippen LogP) is 4.47. The van der Waals surface area contributed by atoms with Crippen LogP contribution in [0.1, 0.15) is 15.9 Å². The first-order valence-electron chi connectivity index (χ1n) is 8.80. The molecule has 0 aliphatic rings. The molecular weight excluding hydrogens is 433 g/mol. The van der Waals surface area contributed by atoms with Gasteiger partial charge in [0.15, 0.2) is 0 Å². The molecule has 0 saturated heterocycles. The largest absolute Gasteiger partial charge is 0.416 e. The third-order valence-corrected chi connectivity index (χ3v) is 4.56. The molecule has 1 heterocycles. The first kappa shape index (κ1) is 22.1. The maximum absolute atomic E-state index is 12.9. The number of alkyl halides is 3. The van der Waals surface area contributed by atoms with Gasteiger partial charge in [-0.05, 0) is 54.6 Å². The Balaban J connectivity index is 1.78. The van der Waals surface area contributed by atoms with E-state index in [0.29, 0.717) is 11.4 Å². The van der Waals surface area contributed by atoms with Crippen molar-refractivity contribution >= 4 is 38.8 Å². The SMILES string of the molecule is CS(=O)(=O)Nc1ccc(NC(=O)c2cccnc2Nc2cccc(C(F)(F)F)c2)cc1. The molecule has 31 heavy (non-hydrogen) atoms. The summed E-state index contributed by atoms with van der Waals surface area (Å²) in [5, 5.41) is 5.37. The van der Waals surface area contributed by atoms with E-state index >= 15 is 0 Å². The summed E-state index contributed by atoms with van der Waals surface area (Å²) in [5.74, 6) is -0.471. The Morgan fingerprint density at radius 3 is 2.26 bits per heavy atom. The van der Waals surface area contributed by atoms with Gasteiger partial charge in [0, 0.05) is 23.3 Å². The lowest BCUT2D eigenvalue weighted by Crippen LogP contribution is -2.15. The van der Waals surface area contributed by atoms with Gasteiger partial charge in [0.2, 0.25) is 10.0 Å².